The fourth-order valence-electron chi connectivity index (χ4n) is 2.74. The third kappa shape index (κ3) is 5.53. The molecule has 1 aromatic heterocycles. The van der Waals surface area contributed by atoms with Gasteiger partial charge in [-0.1, -0.05) is 6.92 Å². The van der Waals surface area contributed by atoms with E-state index in [0.29, 0.717) is 24.8 Å². The summed E-state index contributed by atoms with van der Waals surface area (Å²) in [5.74, 6) is 0.182. The lowest BCUT2D eigenvalue weighted by atomic mass is 10.0. The summed E-state index contributed by atoms with van der Waals surface area (Å²) >= 11 is 0. The van der Waals surface area contributed by atoms with E-state index in [9.17, 15) is 18.0 Å². The van der Waals surface area contributed by atoms with Crippen molar-refractivity contribution in [1.29, 1.82) is 0 Å². The Morgan fingerprint density at radius 1 is 1.42 bits per heavy atom. The second kappa shape index (κ2) is 8.63. The van der Waals surface area contributed by atoms with Crippen LogP contribution in [0.4, 0.5) is 0 Å². The summed E-state index contributed by atoms with van der Waals surface area (Å²) in [5, 5.41) is -0.0970. The van der Waals surface area contributed by atoms with Crippen molar-refractivity contribution in [3.8, 4) is 0 Å². The van der Waals surface area contributed by atoms with E-state index in [1.807, 2.05) is 0 Å². The average molecular weight is 386 g/mol. The fraction of sp³-hybridized carbons (Fsp3) is 0.688. The minimum atomic E-state index is -3.78. The number of nitrogens with one attached hydrogen (secondary N) is 1. The van der Waals surface area contributed by atoms with Crippen molar-refractivity contribution in [3.05, 3.63) is 12.0 Å². The maximum Gasteiger partial charge on any atom is 0.307 e. The van der Waals surface area contributed by atoms with Crippen molar-refractivity contribution in [2.75, 3.05) is 26.2 Å². The van der Waals surface area contributed by atoms with Crippen LogP contribution in [0, 0.1) is 12.8 Å². The van der Waals surface area contributed by atoms with Gasteiger partial charge in [0.2, 0.25) is 0 Å². The van der Waals surface area contributed by atoms with Gasteiger partial charge in [-0.25, -0.2) is 18.1 Å². The Morgan fingerprint density at radius 2 is 2.15 bits per heavy atom. The molecule has 2 rings (SSSR count). The number of aromatic nitrogens is 2. The van der Waals surface area contributed by atoms with Crippen LogP contribution in [0.5, 0.6) is 0 Å². The van der Waals surface area contributed by atoms with Crippen LogP contribution in [0.25, 0.3) is 0 Å². The normalized spacial score (nSPS) is 18.0. The van der Waals surface area contributed by atoms with Crippen molar-refractivity contribution in [3.63, 3.8) is 0 Å². The molecule has 1 fully saturated rings. The molecular weight excluding hydrogens is 360 g/mol. The second-order valence-corrected chi connectivity index (χ2v) is 8.35. The molecular formula is C16H26N4O5S. The van der Waals surface area contributed by atoms with Gasteiger partial charge in [-0.2, -0.15) is 0 Å². The highest BCUT2D eigenvalue weighted by molar-refractivity contribution is 7.89. The van der Waals surface area contributed by atoms with E-state index < -0.39 is 16.0 Å². The van der Waals surface area contributed by atoms with E-state index in [0.717, 1.165) is 12.8 Å². The van der Waals surface area contributed by atoms with Crippen LogP contribution in [0.3, 0.4) is 0 Å². The molecule has 1 unspecified atom stereocenters. The highest BCUT2D eigenvalue weighted by Gasteiger charge is 2.22. The van der Waals surface area contributed by atoms with Gasteiger partial charge < -0.3 is 14.2 Å². The molecule has 0 spiro atoms. The number of hydrogen-bond donors (Lipinski definition) is 1. The van der Waals surface area contributed by atoms with Crippen LogP contribution >= 0.6 is 0 Å². The van der Waals surface area contributed by atoms with E-state index in [4.69, 9.17) is 4.74 Å². The Labute approximate surface area is 153 Å². The Morgan fingerprint density at radius 3 is 2.77 bits per heavy atom. The van der Waals surface area contributed by atoms with Crippen molar-refractivity contribution in [2.45, 2.75) is 38.1 Å². The number of aryl methyl sites for hydroxylation is 2. The predicted molar refractivity (Wildman–Crippen MR) is 93.7 cm³/mol. The van der Waals surface area contributed by atoms with Gasteiger partial charge in [0, 0.05) is 32.9 Å². The summed E-state index contributed by atoms with van der Waals surface area (Å²) < 4.78 is 33.0. The van der Waals surface area contributed by atoms with Gasteiger partial charge in [-0.3, -0.25) is 9.59 Å². The number of likely N-dealkylation sites (tertiary alicyclic amines) is 1. The Balaban J connectivity index is 1.72. The molecule has 1 atom stereocenters. The Hall–Kier alpha value is -1.94. The number of ether oxygens (including phenoxy) is 1. The van der Waals surface area contributed by atoms with Crippen molar-refractivity contribution >= 4 is 21.9 Å². The Bertz CT molecular complexity index is 739. The van der Waals surface area contributed by atoms with Crippen LogP contribution in [-0.2, 0) is 31.4 Å². The van der Waals surface area contributed by atoms with Gasteiger partial charge >= 0.3 is 5.97 Å². The highest BCUT2D eigenvalue weighted by Crippen LogP contribution is 2.15. The van der Waals surface area contributed by atoms with E-state index >= 15 is 0 Å². The van der Waals surface area contributed by atoms with Crippen molar-refractivity contribution in [1.82, 2.24) is 19.2 Å². The number of imidazole rings is 1. The first-order chi connectivity index (χ1) is 12.2. The molecule has 0 radical (unpaired) electrons. The number of hydrogen-bond acceptors (Lipinski definition) is 6. The quantitative estimate of drug-likeness (QED) is 0.670. The number of nitrogens with zero attached hydrogens (tertiary/aromatic N) is 3. The van der Waals surface area contributed by atoms with E-state index in [1.165, 1.54) is 6.20 Å². The van der Waals surface area contributed by atoms with Crippen LogP contribution in [-0.4, -0.2) is 61.0 Å². The largest absolute Gasteiger partial charge is 0.456 e. The molecule has 1 aliphatic heterocycles. The lowest BCUT2D eigenvalue weighted by molar-refractivity contribution is -0.152. The maximum atomic E-state index is 12.1. The van der Waals surface area contributed by atoms with Crippen LogP contribution in [0.15, 0.2) is 11.2 Å². The first-order valence-electron chi connectivity index (χ1n) is 8.62. The summed E-state index contributed by atoms with van der Waals surface area (Å²) in [5.41, 5.74) is 0. The van der Waals surface area contributed by atoms with Gasteiger partial charge in [-0.05, 0) is 25.7 Å². The highest BCUT2D eigenvalue weighted by atomic mass is 32.2. The number of carbonyl (C=O) groups excluding carboxylic acids is 2. The monoisotopic (exact) mass is 386 g/mol. The minimum Gasteiger partial charge on any atom is -0.456 e. The standard InChI is InChI=1S/C16H26N4O5S/c1-12-5-4-8-20(9-12)15(21)11-25-16(22)6-7-17-26(23,24)14-10-19(3)13(2)18-14/h10,12,17H,4-9,11H2,1-3H3. The van der Waals surface area contributed by atoms with Gasteiger partial charge in [0.25, 0.3) is 15.9 Å². The van der Waals surface area contributed by atoms with Crippen molar-refractivity contribution in [2.24, 2.45) is 13.0 Å². The summed E-state index contributed by atoms with van der Waals surface area (Å²) in [7, 11) is -2.08. The predicted octanol–water partition coefficient (Wildman–Crippen LogP) is 0.199. The molecule has 1 aliphatic rings. The second-order valence-electron chi connectivity index (χ2n) is 6.63. The summed E-state index contributed by atoms with van der Waals surface area (Å²) in [6.07, 6.45) is 3.29. The van der Waals surface area contributed by atoms with Gasteiger partial charge in [0.1, 0.15) is 5.82 Å². The zero-order valence-corrected chi connectivity index (χ0v) is 16.2. The Kier molecular flexibility index (Phi) is 6.76. The zero-order valence-electron chi connectivity index (χ0n) is 15.4. The van der Waals surface area contributed by atoms with E-state index in [1.54, 1.807) is 23.4 Å². The molecule has 1 aromatic rings. The SMILES string of the molecule is Cc1nc(S(=O)(=O)NCCC(=O)OCC(=O)N2CCCC(C)C2)cn1C. The first kappa shape index (κ1) is 20.4. The van der Waals surface area contributed by atoms with Crippen LogP contribution < -0.4 is 4.72 Å². The van der Waals surface area contributed by atoms with Gasteiger partial charge in [-0.15, -0.1) is 0 Å². The maximum absolute atomic E-state index is 12.1. The smallest absolute Gasteiger partial charge is 0.307 e. The number of sulfonamides is 1. The first-order valence-corrected chi connectivity index (χ1v) is 10.1. The van der Waals surface area contributed by atoms with Crippen LogP contribution in [0.1, 0.15) is 32.0 Å². The lowest BCUT2D eigenvalue weighted by Crippen LogP contribution is -2.41. The molecule has 146 valence electrons. The third-order valence-electron chi connectivity index (χ3n) is 4.35. The lowest BCUT2D eigenvalue weighted by Gasteiger charge is -2.30. The van der Waals surface area contributed by atoms with Gasteiger partial charge in [0.05, 0.1) is 6.42 Å². The number of amides is 1. The molecule has 0 saturated carbocycles. The molecule has 1 N–H and O–H groups in total. The van der Waals surface area contributed by atoms with E-state index in [-0.39, 0.29) is 30.5 Å². The number of esters is 1. The molecule has 0 bridgehead atoms. The minimum absolute atomic E-state index is 0.0970. The molecule has 26 heavy (non-hydrogen) atoms. The van der Waals surface area contributed by atoms with Crippen molar-refractivity contribution < 1.29 is 22.7 Å². The molecule has 2 heterocycles. The number of rotatable bonds is 7. The zero-order chi connectivity index (χ0) is 19.3. The molecule has 0 aromatic carbocycles. The molecule has 0 aliphatic carbocycles. The van der Waals surface area contributed by atoms with Crippen LogP contribution in [0.2, 0.25) is 0 Å². The van der Waals surface area contributed by atoms with Gasteiger partial charge in [0.15, 0.2) is 11.6 Å². The average Bonchev–Trinajstić information content (AvgIpc) is 2.92. The number of piperidine rings is 1. The summed E-state index contributed by atoms with van der Waals surface area (Å²) in [4.78, 5) is 29.4. The molecule has 9 nitrogen and oxygen atoms in total. The topological polar surface area (TPSA) is 111 Å². The third-order valence-corrected chi connectivity index (χ3v) is 5.68. The van der Waals surface area contributed by atoms with E-state index in [2.05, 4.69) is 16.6 Å². The summed E-state index contributed by atoms with van der Waals surface area (Å²) in [6, 6.07) is 0. The number of carbonyl (C=O) groups is 2. The summed E-state index contributed by atoms with van der Waals surface area (Å²) in [6.45, 7) is 4.71. The fourth-order valence-corrected chi connectivity index (χ4v) is 3.81. The molecule has 10 heteroatoms. The molecule has 1 amide bonds. The molecule has 1 saturated heterocycles.